The van der Waals surface area contributed by atoms with E-state index in [1.807, 2.05) is 30.3 Å². The Hall–Kier alpha value is -1.90. The molecule has 0 radical (unpaired) electrons. The SMILES string of the molecule is CC(C)c1nccc(-c2ccc(N)cc2)n1. The van der Waals surface area contributed by atoms with E-state index in [2.05, 4.69) is 23.8 Å². The van der Waals surface area contributed by atoms with E-state index in [-0.39, 0.29) is 0 Å². The number of anilines is 1. The molecular formula is C13H15N3. The maximum Gasteiger partial charge on any atom is 0.131 e. The quantitative estimate of drug-likeness (QED) is 0.780. The monoisotopic (exact) mass is 213 g/mol. The van der Waals surface area contributed by atoms with Crippen molar-refractivity contribution in [1.29, 1.82) is 0 Å². The van der Waals surface area contributed by atoms with E-state index in [1.165, 1.54) is 0 Å². The Morgan fingerprint density at radius 2 is 1.75 bits per heavy atom. The van der Waals surface area contributed by atoms with Crippen LogP contribution in [0.25, 0.3) is 11.3 Å². The molecule has 2 aromatic rings. The molecule has 1 heterocycles. The normalized spacial score (nSPS) is 10.7. The number of hydrogen-bond acceptors (Lipinski definition) is 3. The van der Waals surface area contributed by atoms with Crippen LogP contribution in [0.1, 0.15) is 25.6 Å². The van der Waals surface area contributed by atoms with Crippen LogP contribution in [0.15, 0.2) is 36.5 Å². The number of aromatic nitrogens is 2. The lowest BCUT2D eigenvalue weighted by atomic mass is 10.1. The van der Waals surface area contributed by atoms with Gasteiger partial charge in [-0.3, -0.25) is 0 Å². The number of nitrogen functional groups attached to an aromatic ring is 1. The average Bonchev–Trinajstić information content (AvgIpc) is 2.30. The van der Waals surface area contributed by atoms with Crippen molar-refractivity contribution in [1.82, 2.24) is 9.97 Å². The van der Waals surface area contributed by atoms with Gasteiger partial charge in [0.1, 0.15) is 5.82 Å². The van der Waals surface area contributed by atoms with E-state index in [9.17, 15) is 0 Å². The maximum absolute atomic E-state index is 5.65. The highest BCUT2D eigenvalue weighted by Gasteiger charge is 2.05. The Labute approximate surface area is 95.4 Å². The van der Waals surface area contributed by atoms with Crippen LogP contribution in [0.5, 0.6) is 0 Å². The van der Waals surface area contributed by atoms with Crippen LogP contribution < -0.4 is 5.73 Å². The minimum absolute atomic E-state index is 0.341. The van der Waals surface area contributed by atoms with Crippen molar-refractivity contribution in [2.24, 2.45) is 0 Å². The zero-order valence-corrected chi connectivity index (χ0v) is 9.51. The van der Waals surface area contributed by atoms with Gasteiger partial charge in [0.25, 0.3) is 0 Å². The zero-order valence-electron chi connectivity index (χ0n) is 9.51. The third-order valence-electron chi connectivity index (χ3n) is 2.40. The lowest BCUT2D eigenvalue weighted by Crippen LogP contribution is -1.98. The first kappa shape index (κ1) is 10.6. The summed E-state index contributed by atoms with van der Waals surface area (Å²) in [5.41, 5.74) is 8.43. The third kappa shape index (κ3) is 2.19. The molecule has 0 saturated heterocycles. The van der Waals surface area contributed by atoms with Gasteiger partial charge in [0.05, 0.1) is 5.69 Å². The molecule has 82 valence electrons. The Morgan fingerprint density at radius 3 is 2.38 bits per heavy atom. The van der Waals surface area contributed by atoms with Crippen molar-refractivity contribution in [3.05, 3.63) is 42.4 Å². The molecule has 0 aliphatic rings. The van der Waals surface area contributed by atoms with E-state index in [0.717, 1.165) is 22.8 Å². The standard InChI is InChI=1S/C13H15N3/c1-9(2)13-15-8-7-12(16-13)10-3-5-11(14)6-4-10/h3-9H,14H2,1-2H3. The molecular weight excluding hydrogens is 198 g/mol. The summed E-state index contributed by atoms with van der Waals surface area (Å²) in [4.78, 5) is 8.77. The van der Waals surface area contributed by atoms with Crippen LogP contribution >= 0.6 is 0 Å². The van der Waals surface area contributed by atoms with Crippen LogP contribution in [-0.2, 0) is 0 Å². The molecule has 0 aliphatic carbocycles. The fraction of sp³-hybridized carbons (Fsp3) is 0.231. The van der Waals surface area contributed by atoms with Gasteiger partial charge in [-0.2, -0.15) is 0 Å². The molecule has 16 heavy (non-hydrogen) atoms. The van der Waals surface area contributed by atoms with Gasteiger partial charge >= 0.3 is 0 Å². The third-order valence-corrected chi connectivity index (χ3v) is 2.40. The predicted molar refractivity (Wildman–Crippen MR) is 66.0 cm³/mol. The predicted octanol–water partition coefficient (Wildman–Crippen LogP) is 2.85. The van der Waals surface area contributed by atoms with Gasteiger partial charge in [0.15, 0.2) is 0 Å². The highest BCUT2D eigenvalue weighted by molar-refractivity contribution is 5.61. The molecule has 0 fully saturated rings. The van der Waals surface area contributed by atoms with E-state index in [1.54, 1.807) is 6.20 Å². The number of hydrogen-bond donors (Lipinski definition) is 1. The van der Waals surface area contributed by atoms with Crippen molar-refractivity contribution < 1.29 is 0 Å². The first-order valence-electron chi connectivity index (χ1n) is 5.35. The molecule has 0 unspecified atom stereocenters. The molecule has 0 bridgehead atoms. The summed E-state index contributed by atoms with van der Waals surface area (Å²) in [6.45, 7) is 4.17. The molecule has 3 nitrogen and oxygen atoms in total. The van der Waals surface area contributed by atoms with Crippen LogP contribution in [-0.4, -0.2) is 9.97 Å². The van der Waals surface area contributed by atoms with Crippen molar-refractivity contribution in [3.8, 4) is 11.3 Å². The van der Waals surface area contributed by atoms with E-state index >= 15 is 0 Å². The highest BCUT2D eigenvalue weighted by atomic mass is 14.9. The van der Waals surface area contributed by atoms with Crippen LogP contribution in [0, 0.1) is 0 Å². The van der Waals surface area contributed by atoms with E-state index in [4.69, 9.17) is 5.73 Å². The fourth-order valence-corrected chi connectivity index (χ4v) is 1.47. The summed E-state index contributed by atoms with van der Waals surface area (Å²) < 4.78 is 0. The molecule has 0 amide bonds. The van der Waals surface area contributed by atoms with Crippen molar-refractivity contribution >= 4 is 5.69 Å². The summed E-state index contributed by atoms with van der Waals surface area (Å²) in [5.74, 6) is 1.21. The van der Waals surface area contributed by atoms with Crippen molar-refractivity contribution in [2.45, 2.75) is 19.8 Å². The van der Waals surface area contributed by atoms with E-state index in [0.29, 0.717) is 5.92 Å². The van der Waals surface area contributed by atoms with Gasteiger partial charge in [0.2, 0.25) is 0 Å². The summed E-state index contributed by atoms with van der Waals surface area (Å²) >= 11 is 0. The molecule has 0 aliphatic heterocycles. The molecule has 2 rings (SSSR count). The first-order valence-corrected chi connectivity index (χ1v) is 5.35. The van der Waals surface area contributed by atoms with Gasteiger partial charge in [-0.05, 0) is 18.2 Å². The second kappa shape index (κ2) is 4.31. The van der Waals surface area contributed by atoms with Crippen molar-refractivity contribution in [2.75, 3.05) is 5.73 Å². The Bertz CT molecular complexity index is 475. The summed E-state index contributed by atoms with van der Waals surface area (Å²) in [5, 5.41) is 0. The van der Waals surface area contributed by atoms with Crippen LogP contribution in [0.3, 0.4) is 0 Å². The van der Waals surface area contributed by atoms with Crippen LogP contribution in [0.2, 0.25) is 0 Å². The second-order valence-corrected chi connectivity index (χ2v) is 4.08. The highest BCUT2D eigenvalue weighted by Crippen LogP contribution is 2.19. The molecule has 0 saturated carbocycles. The molecule has 3 heteroatoms. The Morgan fingerprint density at radius 1 is 1.06 bits per heavy atom. The summed E-state index contributed by atoms with van der Waals surface area (Å²) in [7, 11) is 0. The summed E-state index contributed by atoms with van der Waals surface area (Å²) in [6.07, 6.45) is 1.80. The molecule has 0 atom stereocenters. The first-order chi connectivity index (χ1) is 7.66. The van der Waals surface area contributed by atoms with Crippen molar-refractivity contribution in [3.63, 3.8) is 0 Å². The maximum atomic E-state index is 5.65. The summed E-state index contributed by atoms with van der Waals surface area (Å²) in [6, 6.07) is 9.62. The minimum Gasteiger partial charge on any atom is -0.399 e. The minimum atomic E-state index is 0.341. The molecule has 0 spiro atoms. The average molecular weight is 213 g/mol. The molecule has 1 aromatic heterocycles. The second-order valence-electron chi connectivity index (χ2n) is 4.08. The van der Waals surface area contributed by atoms with Gasteiger partial charge in [-0.25, -0.2) is 9.97 Å². The zero-order chi connectivity index (χ0) is 11.5. The number of nitrogens with zero attached hydrogens (tertiary/aromatic N) is 2. The van der Waals surface area contributed by atoms with Gasteiger partial charge in [-0.1, -0.05) is 26.0 Å². The number of rotatable bonds is 2. The van der Waals surface area contributed by atoms with Gasteiger partial charge in [-0.15, -0.1) is 0 Å². The lowest BCUT2D eigenvalue weighted by molar-refractivity contribution is 0.776. The fourth-order valence-electron chi connectivity index (χ4n) is 1.47. The largest absolute Gasteiger partial charge is 0.399 e. The van der Waals surface area contributed by atoms with Gasteiger partial charge < -0.3 is 5.73 Å². The Balaban J connectivity index is 2.40. The number of benzene rings is 1. The molecule has 1 aromatic carbocycles. The Kier molecular flexibility index (Phi) is 2.86. The van der Waals surface area contributed by atoms with Crippen LogP contribution in [0.4, 0.5) is 5.69 Å². The lowest BCUT2D eigenvalue weighted by Gasteiger charge is -2.06. The van der Waals surface area contributed by atoms with E-state index < -0.39 is 0 Å². The smallest absolute Gasteiger partial charge is 0.131 e. The van der Waals surface area contributed by atoms with Gasteiger partial charge in [0, 0.05) is 23.4 Å². The number of nitrogens with two attached hydrogens (primary N) is 1. The molecule has 2 N–H and O–H groups in total. The topological polar surface area (TPSA) is 51.8 Å².